The van der Waals surface area contributed by atoms with Crippen molar-refractivity contribution in [1.82, 2.24) is 0 Å². The summed E-state index contributed by atoms with van der Waals surface area (Å²) in [4.78, 5) is 8.77. The van der Waals surface area contributed by atoms with Crippen molar-refractivity contribution in [3.8, 4) is 0 Å². The Bertz CT molecular complexity index is 292. The summed E-state index contributed by atoms with van der Waals surface area (Å²) in [5, 5.41) is 7.06. The molecular formula is C9H11Cl4FO2. The lowest BCUT2D eigenvalue weighted by atomic mass is 10.1. The maximum atomic E-state index is 12.8. The molecular weight excluding hydrogens is 301 g/mol. The molecule has 0 aromatic rings. The molecule has 2 nitrogen and oxygen atoms in total. The first kappa shape index (κ1) is 16.3. The number of carboxylic acid groups (broad SMARTS) is 1. The van der Waals surface area contributed by atoms with E-state index in [2.05, 4.69) is 25.4 Å². The van der Waals surface area contributed by atoms with Crippen LogP contribution < -0.4 is 0 Å². The fraction of sp³-hybridized carbons (Fsp3) is 0.667. The zero-order chi connectivity index (χ0) is 13.1. The van der Waals surface area contributed by atoms with E-state index in [1.807, 2.05) is 0 Å². The van der Waals surface area contributed by atoms with Crippen molar-refractivity contribution < 1.29 is 14.3 Å². The average Bonchev–Trinajstić information content (AvgIpc) is 2.54. The lowest BCUT2D eigenvalue weighted by Crippen LogP contribution is -2.04. The maximum Gasteiger partial charge on any atom is 0.401 e. The summed E-state index contributed by atoms with van der Waals surface area (Å²) in [5.74, 6) is 0.303. The summed E-state index contributed by atoms with van der Waals surface area (Å²) in [6.45, 7) is 4.17. The molecule has 16 heavy (non-hydrogen) atoms. The minimum absolute atomic E-state index is 0.124. The van der Waals surface area contributed by atoms with Crippen LogP contribution in [-0.2, 0) is 0 Å². The number of carbonyl (C=O) groups is 1. The molecule has 0 aliphatic heterocycles. The fourth-order valence-electron chi connectivity index (χ4n) is 1.06. The van der Waals surface area contributed by atoms with Crippen LogP contribution in [0.2, 0.25) is 0 Å². The molecule has 0 amide bonds. The first-order chi connectivity index (χ1) is 6.97. The van der Waals surface area contributed by atoms with Gasteiger partial charge in [-0.3, -0.25) is 0 Å². The summed E-state index contributed by atoms with van der Waals surface area (Å²) >= 11 is 20.0. The van der Waals surface area contributed by atoms with Crippen molar-refractivity contribution >= 4 is 51.8 Å². The summed E-state index contributed by atoms with van der Waals surface area (Å²) in [5.41, 5.74) is -1.14. The molecule has 0 aromatic heterocycles. The van der Waals surface area contributed by atoms with Gasteiger partial charge in [-0.2, -0.15) is 0 Å². The molecule has 0 bridgehead atoms. The van der Waals surface area contributed by atoms with Gasteiger partial charge in [-0.1, -0.05) is 54.7 Å². The van der Waals surface area contributed by atoms with Crippen LogP contribution in [0, 0.1) is 11.3 Å². The highest BCUT2D eigenvalue weighted by molar-refractivity contribution is 6.60. The van der Waals surface area contributed by atoms with E-state index in [0.717, 1.165) is 6.42 Å². The number of hydrogen-bond acceptors (Lipinski definition) is 1. The zero-order valence-corrected chi connectivity index (χ0v) is 11.6. The number of allylic oxidation sites excluding steroid dienone is 2. The summed E-state index contributed by atoms with van der Waals surface area (Å²) in [7, 11) is 0. The minimum atomic E-state index is -2.43. The largest absolute Gasteiger partial charge is 0.469 e. The third-order valence-electron chi connectivity index (χ3n) is 2.21. The first-order valence-corrected chi connectivity index (χ1v) is 5.81. The Morgan fingerprint density at radius 3 is 2.00 bits per heavy atom. The lowest BCUT2D eigenvalue weighted by Gasteiger charge is -2.07. The minimum Gasteiger partial charge on any atom is -0.469 e. The van der Waals surface area contributed by atoms with E-state index < -0.39 is 10.0 Å². The standard InChI is InChI=1S/C8H10Cl3F.CHClO2/c1-7(2)4-5(7)3-6(9)8(10,11)12;2-1(3)4/h3,5H,4H2,1-2H3;(H,3,4). The van der Waals surface area contributed by atoms with Gasteiger partial charge in [-0.05, 0) is 17.8 Å². The van der Waals surface area contributed by atoms with Crippen molar-refractivity contribution in [3.05, 3.63) is 11.1 Å². The van der Waals surface area contributed by atoms with Gasteiger partial charge in [0.1, 0.15) is 0 Å². The Kier molecular flexibility index (Phi) is 5.87. The number of rotatable bonds is 2. The van der Waals surface area contributed by atoms with Gasteiger partial charge in [0.2, 0.25) is 0 Å². The Hall–Kier alpha value is 0.300. The zero-order valence-electron chi connectivity index (χ0n) is 8.61. The fourth-order valence-corrected chi connectivity index (χ4v) is 1.34. The maximum absolute atomic E-state index is 12.8. The Morgan fingerprint density at radius 1 is 1.50 bits per heavy atom. The van der Waals surface area contributed by atoms with E-state index in [-0.39, 0.29) is 10.4 Å². The van der Waals surface area contributed by atoms with Gasteiger partial charge >= 0.3 is 5.43 Å². The van der Waals surface area contributed by atoms with Crippen LogP contribution in [0.3, 0.4) is 0 Å². The second-order valence-electron chi connectivity index (χ2n) is 4.06. The second kappa shape index (κ2) is 5.76. The summed E-state index contributed by atoms with van der Waals surface area (Å²) < 4.78 is 10.3. The molecule has 1 atom stereocenters. The molecule has 1 aliphatic rings. The van der Waals surface area contributed by atoms with Crippen LogP contribution in [0.4, 0.5) is 9.18 Å². The molecule has 0 heterocycles. The van der Waals surface area contributed by atoms with Crippen LogP contribution in [-0.4, -0.2) is 15.1 Å². The molecule has 0 spiro atoms. The summed E-state index contributed by atoms with van der Waals surface area (Å²) in [6, 6.07) is 0. The number of alkyl halides is 3. The Balaban J connectivity index is 0.000000487. The van der Waals surface area contributed by atoms with Gasteiger partial charge in [-0.25, -0.2) is 9.18 Å². The molecule has 1 unspecified atom stereocenters. The first-order valence-electron chi connectivity index (χ1n) is 4.30. The van der Waals surface area contributed by atoms with E-state index in [9.17, 15) is 4.39 Å². The summed E-state index contributed by atoms with van der Waals surface area (Å²) in [6.07, 6.45) is 2.61. The number of hydrogen-bond donors (Lipinski definition) is 1. The molecule has 1 fully saturated rings. The van der Waals surface area contributed by atoms with Crippen molar-refractivity contribution in [2.75, 3.05) is 0 Å². The highest BCUT2D eigenvalue weighted by atomic mass is 35.5. The SMILES string of the molecule is CC1(C)CC1C=C(Cl)C(F)(Cl)Cl.O=C(O)Cl. The monoisotopic (exact) mass is 310 g/mol. The van der Waals surface area contributed by atoms with Crippen molar-refractivity contribution in [1.29, 1.82) is 0 Å². The second-order valence-corrected chi connectivity index (χ2v) is 6.03. The Labute approximate surface area is 113 Å². The van der Waals surface area contributed by atoms with E-state index in [4.69, 9.17) is 44.7 Å². The van der Waals surface area contributed by atoms with Gasteiger partial charge in [0, 0.05) is 11.6 Å². The predicted octanol–water partition coefficient (Wildman–Crippen LogP) is 5.16. The average molecular weight is 312 g/mol. The lowest BCUT2D eigenvalue weighted by molar-refractivity contribution is 0.220. The highest BCUT2D eigenvalue weighted by Crippen LogP contribution is 2.54. The van der Waals surface area contributed by atoms with Crippen LogP contribution >= 0.6 is 46.4 Å². The Morgan fingerprint density at radius 2 is 1.81 bits per heavy atom. The predicted molar refractivity (Wildman–Crippen MR) is 65.2 cm³/mol. The molecule has 0 saturated heterocycles. The van der Waals surface area contributed by atoms with E-state index in [1.165, 1.54) is 0 Å². The van der Waals surface area contributed by atoms with Gasteiger partial charge in [-0.15, -0.1) is 0 Å². The van der Waals surface area contributed by atoms with Crippen molar-refractivity contribution in [2.45, 2.75) is 24.9 Å². The van der Waals surface area contributed by atoms with Crippen LogP contribution in [0.1, 0.15) is 20.3 Å². The van der Waals surface area contributed by atoms with E-state index >= 15 is 0 Å². The van der Waals surface area contributed by atoms with Gasteiger partial charge in [0.25, 0.3) is 4.59 Å². The molecule has 94 valence electrons. The topological polar surface area (TPSA) is 37.3 Å². The molecule has 1 N–H and O–H groups in total. The van der Waals surface area contributed by atoms with Crippen molar-refractivity contribution in [3.63, 3.8) is 0 Å². The van der Waals surface area contributed by atoms with Crippen molar-refractivity contribution in [2.24, 2.45) is 11.3 Å². The van der Waals surface area contributed by atoms with Crippen LogP contribution in [0.5, 0.6) is 0 Å². The van der Waals surface area contributed by atoms with Gasteiger partial charge < -0.3 is 5.11 Å². The smallest absolute Gasteiger partial charge is 0.401 e. The van der Waals surface area contributed by atoms with E-state index in [0.29, 0.717) is 5.92 Å². The van der Waals surface area contributed by atoms with Crippen LogP contribution in [0.15, 0.2) is 11.1 Å². The molecule has 1 saturated carbocycles. The van der Waals surface area contributed by atoms with Gasteiger partial charge in [0.15, 0.2) is 0 Å². The normalized spacial score (nSPS) is 23.2. The molecule has 1 aliphatic carbocycles. The molecule has 1 rings (SSSR count). The van der Waals surface area contributed by atoms with Gasteiger partial charge in [0.05, 0.1) is 5.03 Å². The third kappa shape index (κ3) is 6.79. The van der Waals surface area contributed by atoms with E-state index in [1.54, 1.807) is 6.08 Å². The molecule has 0 radical (unpaired) electrons. The molecule has 7 heteroatoms. The highest BCUT2D eigenvalue weighted by Gasteiger charge is 2.45. The quantitative estimate of drug-likeness (QED) is 0.565. The third-order valence-corrected chi connectivity index (χ3v) is 3.20. The van der Waals surface area contributed by atoms with Crippen LogP contribution in [0.25, 0.3) is 0 Å². The molecule has 0 aromatic carbocycles. The number of halogens is 5.